The minimum absolute atomic E-state index is 0.487. The number of nitroso groups, excluding NO2 is 1. The first kappa shape index (κ1) is 10.3. The molecule has 2 aromatic rings. The number of hydrogen-bond donors (Lipinski definition) is 0. The number of aromatic nitrogens is 5. The van der Waals surface area contributed by atoms with Crippen molar-refractivity contribution in [1.82, 2.24) is 25.2 Å². The average Bonchev–Trinajstić information content (AvgIpc) is 2.66. The first-order valence-corrected chi connectivity index (χ1v) is 4.73. The summed E-state index contributed by atoms with van der Waals surface area (Å²) in [6.07, 6.45) is -0.860. The van der Waals surface area contributed by atoms with Crippen LogP contribution in [-0.2, 0) is 0 Å². The van der Waals surface area contributed by atoms with Crippen molar-refractivity contribution >= 4 is 0 Å². The van der Waals surface area contributed by atoms with Crippen LogP contribution in [0.2, 0.25) is 0 Å². The fourth-order valence-electron chi connectivity index (χ4n) is 1.32. The molecule has 0 saturated carbocycles. The summed E-state index contributed by atoms with van der Waals surface area (Å²) in [5, 5.41) is 14.3. The standard InChI is InChI=1S/C9H10N6O/c1-6-4-3-5-8(10-6)9(13-16)15-12-7(2)11-14-15/h3-5,9H,1-2H3. The molecule has 82 valence electrons. The van der Waals surface area contributed by atoms with E-state index in [1.165, 1.54) is 0 Å². The second kappa shape index (κ2) is 4.13. The van der Waals surface area contributed by atoms with E-state index in [0.29, 0.717) is 11.5 Å². The van der Waals surface area contributed by atoms with E-state index in [9.17, 15) is 4.91 Å². The van der Waals surface area contributed by atoms with E-state index >= 15 is 0 Å². The third kappa shape index (κ3) is 1.92. The zero-order valence-corrected chi connectivity index (χ0v) is 8.90. The van der Waals surface area contributed by atoms with Gasteiger partial charge in [0.15, 0.2) is 5.82 Å². The molecule has 0 spiro atoms. The fourth-order valence-corrected chi connectivity index (χ4v) is 1.32. The molecule has 2 rings (SSSR count). The Morgan fingerprint density at radius 2 is 2.19 bits per heavy atom. The fraction of sp³-hybridized carbons (Fsp3) is 0.333. The summed E-state index contributed by atoms with van der Waals surface area (Å²) in [7, 11) is 0. The van der Waals surface area contributed by atoms with Gasteiger partial charge in [-0.1, -0.05) is 6.07 Å². The third-order valence-corrected chi connectivity index (χ3v) is 2.02. The van der Waals surface area contributed by atoms with Crippen molar-refractivity contribution in [3.05, 3.63) is 40.3 Å². The van der Waals surface area contributed by atoms with Gasteiger partial charge in [0, 0.05) is 5.69 Å². The average molecular weight is 218 g/mol. The zero-order valence-electron chi connectivity index (χ0n) is 8.90. The molecule has 1 atom stereocenters. The van der Waals surface area contributed by atoms with Crippen molar-refractivity contribution in [3.63, 3.8) is 0 Å². The Balaban J connectivity index is 2.40. The Labute approximate surface area is 91.5 Å². The third-order valence-electron chi connectivity index (χ3n) is 2.02. The van der Waals surface area contributed by atoms with E-state index in [1.54, 1.807) is 19.1 Å². The minimum Gasteiger partial charge on any atom is -0.254 e. The predicted molar refractivity (Wildman–Crippen MR) is 55.5 cm³/mol. The van der Waals surface area contributed by atoms with Crippen LogP contribution < -0.4 is 0 Å². The lowest BCUT2D eigenvalue weighted by atomic mass is 10.3. The Hall–Kier alpha value is -2.18. The van der Waals surface area contributed by atoms with Gasteiger partial charge >= 0.3 is 0 Å². The van der Waals surface area contributed by atoms with Gasteiger partial charge in [0.1, 0.15) is 0 Å². The van der Waals surface area contributed by atoms with Crippen molar-refractivity contribution in [1.29, 1.82) is 0 Å². The molecule has 0 N–H and O–H groups in total. The minimum atomic E-state index is -0.860. The molecule has 0 saturated heterocycles. The quantitative estimate of drug-likeness (QED) is 0.717. The molecule has 0 amide bonds. The lowest BCUT2D eigenvalue weighted by molar-refractivity contribution is 0.452. The number of aryl methyl sites for hydroxylation is 2. The topological polar surface area (TPSA) is 85.9 Å². The monoisotopic (exact) mass is 218 g/mol. The first-order valence-electron chi connectivity index (χ1n) is 4.73. The molecule has 2 heterocycles. The normalized spacial score (nSPS) is 12.4. The van der Waals surface area contributed by atoms with Crippen LogP contribution in [0, 0.1) is 18.8 Å². The molecule has 2 aromatic heterocycles. The van der Waals surface area contributed by atoms with E-state index in [-0.39, 0.29) is 0 Å². The highest BCUT2D eigenvalue weighted by atomic mass is 16.3. The molecule has 1 unspecified atom stereocenters. The van der Waals surface area contributed by atoms with Crippen LogP contribution in [0.1, 0.15) is 23.4 Å². The predicted octanol–water partition coefficient (Wildman–Crippen LogP) is 0.998. The van der Waals surface area contributed by atoms with Crippen molar-refractivity contribution in [2.24, 2.45) is 5.18 Å². The van der Waals surface area contributed by atoms with Crippen molar-refractivity contribution in [2.75, 3.05) is 0 Å². The summed E-state index contributed by atoms with van der Waals surface area (Å²) in [6.45, 7) is 3.53. The summed E-state index contributed by atoms with van der Waals surface area (Å²) >= 11 is 0. The SMILES string of the molecule is Cc1cccc(C(N=O)n2nnc(C)n2)n1. The lowest BCUT2D eigenvalue weighted by Crippen LogP contribution is -2.13. The second-order valence-corrected chi connectivity index (χ2v) is 3.34. The summed E-state index contributed by atoms with van der Waals surface area (Å²) < 4.78 is 0. The molecule has 0 aliphatic rings. The first-order chi connectivity index (χ1) is 7.70. The zero-order chi connectivity index (χ0) is 11.5. The van der Waals surface area contributed by atoms with E-state index in [1.807, 2.05) is 13.0 Å². The molecule has 0 aromatic carbocycles. The van der Waals surface area contributed by atoms with Crippen molar-refractivity contribution in [3.8, 4) is 0 Å². The maximum Gasteiger partial charge on any atom is 0.245 e. The van der Waals surface area contributed by atoms with Gasteiger partial charge in [-0.25, -0.2) is 0 Å². The highest BCUT2D eigenvalue weighted by Crippen LogP contribution is 2.15. The number of nitrogens with zero attached hydrogens (tertiary/aromatic N) is 6. The van der Waals surface area contributed by atoms with Crippen LogP contribution in [0.4, 0.5) is 0 Å². The van der Waals surface area contributed by atoms with Crippen LogP contribution in [0.15, 0.2) is 23.4 Å². The maximum atomic E-state index is 10.8. The van der Waals surface area contributed by atoms with Crippen LogP contribution in [0.3, 0.4) is 0 Å². The molecular weight excluding hydrogens is 208 g/mol. The number of rotatable bonds is 3. The summed E-state index contributed by atoms with van der Waals surface area (Å²) in [5.74, 6) is 0.487. The summed E-state index contributed by atoms with van der Waals surface area (Å²) in [4.78, 5) is 16.2. The maximum absolute atomic E-state index is 10.8. The van der Waals surface area contributed by atoms with Gasteiger partial charge < -0.3 is 0 Å². The molecule has 0 aliphatic heterocycles. The van der Waals surface area contributed by atoms with Gasteiger partial charge in [-0.15, -0.1) is 19.9 Å². The highest BCUT2D eigenvalue weighted by molar-refractivity contribution is 5.13. The molecule has 0 fully saturated rings. The van der Waals surface area contributed by atoms with Gasteiger partial charge in [-0.3, -0.25) is 4.98 Å². The number of hydrogen-bond acceptors (Lipinski definition) is 6. The highest BCUT2D eigenvalue weighted by Gasteiger charge is 2.18. The van der Waals surface area contributed by atoms with Crippen LogP contribution in [0.25, 0.3) is 0 Å². The van der Waals surface area contributed by atoms with Crippen LogP contribution in [0.5, 0.6) is 0 Å². The van der Waals surface area contributed by atoms with E-state index < -0.39 is 6.17 Å². The van der Waals surface area contributed by atoms with E-state index in [2.05, 4.69) is 25.6 Å². The largest absolute Gasteiger partial charge is 0.254 e. The molecule has 7 heteroatoms. The molecular formula is C9H10N6O. The van der Waals surface area contributed by atoms with Gasteiger partial charge in [-0.05, 0) is 36.4 Å². The molecule has 0 aliphatic carbocycles. The Kier molecular flexibility index (Phi) is 2.67. The van der Waals surface area contributed by atoms with Crippen LogP contribution >= 0.6 is 0 Å². The van der Waals surface area contributed by atoms with Gasteiger partial charge in [-0.2, -0.15) is 0 Å². The van der Waals surface area contributed by atoms with Crippen LogP contribution in [-0.4, -0.2) is 25.2 Å². The molecule has 0 radical (unpaired) electrons. The summed E-state index contributed by atoms with van der Waals surface area (Å²) in [5.41, 5.74) is 1.32. The Morgan fingerprint density at radius 1 is 1.38 bits per heavy atom. The number of tetrazole rings is 1. The van der Waals surface area contributed by atoms with Gasteiger partial charge in [0.25, 0.3) is 0 Å². The smallest absolute Gasteiger partial charge is 0.245 e. The Morgan fingerprint density at radius 3 is 2.75 bits per heavy atom. The second-order valence-electron chi connectivity index (χ2n) is 3.34. The van der Waals surface area contributed by atoms with Gasteiger partial charge in [0.05, 0.1) is 5.69 Å². The summed E-state index contributed by atoms with van der Waals surface area (Å²) in [6, 6.07) is 5.35. The molecule has 16 heavy (non-hydrogen) atoms. The molecule has 7 nitrogen and oxygen atoms in total. The van der Waals surface area contributed by atoms with E-state index in [0.717, 1.165) is 10.5 Å². The van der Waals surface area contributed by atoms with Crippen molar-refractivity contribution in [2.45, 2.75) is 20.0 Å². The van der Waals surface area contributed by atoms with Gasteiger partial charge in [0.2, 0.25) is 6.17 Å². The molecule has 0 bridgehead atoms. The van der Waals surface area contributed by atoms with E-state index in [4.69, 9.17) is 0 Å². The lowest BCUT2D eigenvalue weighted by Gasteiger charge is -2.06. The number of pyridine rings is 1. The van der Waals surface area contributed by atoms with Crippen molar-refractivity contribution < 1.29 is 0 Å². The Bertz CT molecular complexity index is 508.